The fourth-order valence-corrected chi connectivity index (χ4v) is 3.07. The number of ether oxygens (including phenoxy) is 3. The van der Waals surface area contributed by atoms with Crippen LogP contribution in [0.15, 0.2) is 0 Å². The second kappa shape index (κ2) is 6.12. The summed E-state index contributed by atoms with van der Waals surface area (Å²) in [5.74, 6) is 0.151. The van der Waals surface area contributed by atoms with E-state index in [2.05, 4.69) is 4.90 Å². The molecule has 0 aliphatic carbocycles. The molecule has 0 spiro atoms. The Morgan fingerprint density at radius 2 is 2.16 bits per heavy atom. The molecular formula is C12H18N2O4S. The minimum atomic E-state index is -0.400. The van der Waals surface area contributed by atoms with Crippen LogP contribution in [0, 0.1) is 0 Å². The number of morpholine rings is 1. The highest BCUT2D eigenvalue weighted by Crippen LogP contribution is 2.45. The van der Waals surface area contributed by atoms with Crippen LogP contribution in [0.4, 0.5) is 10.7 Å². The second-order valence-electron chi connectivity index (χ2n) is 4.00. The van der Waals surface area contributed by atoms with Crippen LogP contribution in [-0.2, 0) is 9.47 Å². The molecule has 0 saturated carbocycles. The van der Waals surface area contributed by atoms with Crippen molar-refractivity contribution in [3.8, 4) is 5.75 Å². The molecule has 1 saturated heterocycles. The van der Waals surface area contributed by atoms with Crippen LogP contribution >= 0.6 is 11.3 Å². The van der Waals surface area contributed by atoms with Gasteiger partial charge in [-0.05, 0) is 6.92 Å². The van der Waals surface area contributed by atoms with Crippen molar-refractivity contribution in [2.75, 3.05) is 50.7 Å². The summed E-state index contributed by atoms with van der Waals surface area (Å²) in [5, 5.41) is 0.867. The molecule has 106 valence electrons. The van der Waals surface area contributed by atoms with Gasteiger partial charge in [0.15, 0.2) is 5.75 Å². The number of anilines is 2. The van der Waals surface area contributed by atoms with Gasteiger partial charge in [-0.2, -0.15) is 0 Å². The lowest BCUT2D eigenvalue weighted by molar-refractivity contribution is 0.0533. The molecule has 19 heavy (non-hydrogen) atoms. The fourth-order valence-electron chi connectivity index (χ4n) is 1.94. The summed E-state index contributed by atoms with van der Waals surface area (Å²) in [6.07, 6.45) is 0. The third-order valence-corrected chi connectivity index (χ3v) is 4.07. The Hall–Kier alpha value is -1.47. The molecule has 1 aliphatic heterocycles. The van der Waals surface area contributed by atoms with Crippen LogP contribution in [0.1, 0.15) is 16.6 Å². The van der Waals surface area contributed by atoms with E-state index in [1.54, 1.807) is 14.0 Å². The van der Waals surface area contributed by atoms with Crippen LogP contribution < -0.4 is 15.4 Å². The van der Waals surface area contributed by atoms with Gasteiger partial charge in [-0.3, -0.25) is 0 Å². The summed E-state index contributed by atoms with van der Waals surface area (Å²) in [7, 11) is 1.55. The number of hydrogen-bond donors (Lipinski definition) is 1. The Bertz CT molecular complexity index is 455. The normalized spacial score (nSPS) is 15.4. The highest BCUT2D eigenvalue weighted by atomic mass is 32.1. The summed E-state index contributed by atoms with van der Waals surface area (Å²) in [6.45, 7) is 4.94. The molecular weight excluding hydrogens is 268 g/mol. The zero-order chi connectivity index (χ0) is 13.8. The number of nitrogen functional groups attached to an aromatic ring is 1. The Kier molecular flexibility index (Phi) is 4.49. The summed E-state index contributed by atoms with van der Waals surface area (Å²) in [6, 6.07) is 0. The van der Waals surface area contributed by atoms with Crippen molar-refractivity contribution in [3.05, 3.63) is 4.88 Å². The lowest BCUT2D eigenvalue weighted by Gasteiger charge is -2.27. The molecule has 1 aromatic heterocycles. The zero-order valence-corrected chi connectivity index (χ0v) is 11.9. The van der Waals surface area contributed by atoms with Gasteiger partial charge in [0.1, 0.15) is 15.6 Å². The van der Waals surface area contributed by atoms with Crippen LogP contribution in [0.5, 0.6) is 5.75 Å². The molecule has 0 radical (unpaired) electrons. The predicted molar refractivity (Wildman–Crippen MR) is 74.3 cm³/mol. The summed E-state index contributed by atoms with van der Waals surface area (Å²) in [4.78, 5) is 14.4. The van der Waals surface area contributed by atoms with E-state index in [4.69, 9.17) is 19.9 Å². The van der Waals surface area contributed by atoms with Crippen molar-refractivity contribution in [3.63, 3.8) is 0 Å². The van der Waals surface area contributed by atoms with E-state index in [1.165, 1.54) is 11.3 Å². The highest BCUT2D eigenvalue weighted by molar-refractivity contribution is 7.19. The summed E-state index contributed by atoms with van der Waals surface area (Å²) in [5.41, 5.74) is 6.33. The highest BCUT2D eigenvalue weighted by Gasteiger charge is 2.26. The molecule has 6 nitrogen and oxygen atoms in total. The zero-order valence-electron chi connectivity index (χ0n) is 11.1. The van der Waals surface area contributed by atoms with Gasteiger partial charge in [0, 0.05) is 13.1 Å². The van der Waals surface area contributed by atoms with Gasteiger partial charge in [-0.1, -0.05) is 0 Å². The lowest BCUT2D eigenvalue weighted by Crippen LogP contribution is -2.35. The number of carbonyl (C=O) groups is 1. The van der Waals surface area contributed by atoms with Crippen LogP contribution in [0.2, 0.25) is 0 Å². The third kappa shape index (κ3) is 2.76. The van der Waals surface area contributed by atoms with E-state index in [0.717, 1.165) is 18.1 Å². The van der Waals surface area contributed by atoms with E-state index < -0.39 is 5.97 Å². The molecule has 0 amide bonds. The Morgan fingerprint density at radius 3 is 2.74 bits per heavy atom. The summed E-state index contributed by atoms with van der Waals surface area (Å²) < 4.78 is 15.7. The monoisotopic (exact) mass is 286 g/mol. The van der Waals surface area contributed by atoms with Gasteiger partial charge in [0.2, 0.25) is 0 Å². The number of rotatable bonds is 4. The second-order valence-corrected chi connectivity index (χ2v) is 5.00. The first-order valence-electron chi connectivity index (χ1n) is 6.15. The van der Waals surface area contributed by atoms with E-state index >= 15 is 0 Å². The number of hydrogen-bond acceptors (Lipinski definition) is 7. The van der Waals surface area contributed by atoms with Gasteiger partial charge in [0.05, 0.1) is 26.9 Å². The quantitative estimate of drug-likeness (QED) is 0.842. The first kappa shape index (κ1) is 14.0. The number of esters is 1. The third-order valence-electron chi connectivity index (χ3n) is 2.85. The van der Waals surface area contributed by atoms with E-state index in [9.17, 15) is 4.79 Å². The lowest BCUT2D eigenvalue weighted by atomic mass is 10.3. The Balaban J connectivity index is 2.32. The molecule has 1 fully saturated rings. The van der Waals surface area contributed by atoms with Crippen LogP contribution in [-0.4, -0.2) is 46.0 Å². The van der Waals surface area contributed by atoms with Crippen LogP contribution in [0.3, 0.4) is 0 Å². The first-order chi connectivity index (χ1) is 9.19. The molecule has 1 aromatic rings. The number of nitrogens with zero attached hydrogens (tertiary/aromatic N) is 1. The molecule has 7 heteroatoms. The first-order valence-corrected chi connectivity index (χ1v) is 6.96. The standard InChI is InChI=1S/C12H18N2O4S/c1-3-18-12(15)10-8(13)9(16-2)11(19-10)14-4-6-17-7-5-14/h3-7,13H2,1-2H3. The van der Waals surface area contributed by atoms with Crippen LogP contribution in [0.25, 0.3) is 0 Å². The molecule has 2 heterocycles. The van der Waals surface area contributed by atoms with Crippen molar-refractivity contribution < 1.29 is 19.0 Å². The van der Waals surface area contributed by atoms with Gasteiger partial charge in [0.25, 0.3) is 0 Å². The largest absolute Gasteiger partial charge is 0.492 e. The minimum absolute atomic E-state index is 0.325. The SMILES string of the molecule is CCOC(=O)c1sc(N2CCOCC2)c(OC)c1N. The van der Waals surface area contributed by atoms with Gasteiger partial charge < -0.3 is 24.8 Å². The molecule has 0 atom stereocenters. The smallest absolute Gasteiger partial charge is 0.350 e. The van der Waals surface area contributed by atoms with Crippen molar-refractivity contribution in [2.24, 2.45) is 0 Å². The van der Waals surface area contributed by atoms with Crippen molar-refractivity contribution in [1.29, 1.82) is 0 Å². The number of nitrogens with two attached hydrogens (primary N) is 1. The molecule has 2 N–H and O–H groups in total. The maximum Gasteiger partial charge on any atom is 0.350 e. The predicted octanol–water partition coefficient (Wildman–Crippen LogP) is 1.35. The maximum atomic E-state index is 11.8. The number of carbonyl (C=O) groups excluding carboxylic acids is 1. The van der Waals surface area contributed by atoms with E-state index in [-0.39, 0.29) is 0 Å². The van der Waals surface area contributed by atoms with Gasteiger partial charge in [-0.25, -0.2) is 4.79 Å². The average Bonchev–Trinajstić information content (AvgIpc) is 2.77. The number of thiophene rings is 1. The number of methoxy groups -OCH3 is 1. The molecule has 0 bridgehead atoms. The van der Waals surface area contributed by atoms with Gasteiger partial charge in [-0.15, -0.1) is 11.3 Å². The topological polar surface area (TPSA) is 74.0 Å². The average molecular weight is 286 g/mol. The van der Waals surface area contributed by atoms with Crippen molar-refractivity contribution >= 4 is 28.0 Å². The van der Waals surface area contributed by atoms with Crippen molar-refractivity contribution in [2.45, 2.75) is 6.92 Å². The molecule has 0 unspecified atom stereocenters. The Morgan fingerprint density at radius 1 is 1.47 bits per heavy atom. The van der Waals surface area contributed by atoms with Crippen molar-refractivity contribution in [1.82, 2.24) is 0 Å². The summed E-state index contributed by atoms with van der Waals surface area (Å²) >= 11 is 1.31. The molecule has 0 aromatic carbocycles. The van der Waals surface area contributed by atoms with E-state index in [1.807, 2.05) is 0 Å². The Labute approximate surface area is 116 Å². The van der Waals surface area contributed by atoms with E-state index in [0.29, 0.717) is 36.1 Å². The maximum absolute atomic E-state index is 11.8. The fraction of sp³-hybridized carbons (Fsp3) is 0.583. The van der Waals surface area contributed by atoms with Gasteiger partial charge >= 0.3 is 5.97 Å². The minimum Gasteiger partial charge on any atom is -0.492 e. The molecule has 2 rings (SSSR count). The molecule has 1 aliphatic rings.